The summed E-state index contributed by atoms with van der Waals surface area (Å²) in [6.07, 6.45) is -0.914. The first-order chi connectivity index (χ1) is 5.87. The minimum atomic E-state index is -3.54. The van der Waals surface area contributed by atoms with Gasteiger partial charge in [0.2, 0.25) is 0 Å². The summed E-state index contributed by atoms with van der Waals surface area (Å²) in [6, 6.07) is 0. The summed E-state index contributed by atoms with van der Waals surface area (Å²) in [5, 5.41) is 0. The van der Waals surface area contributed by atoms with Crippen molar-refractivity contribution >= 4 is 16.3 Å². The van der Waals surface area contributed by atoms with Crippen molar-refractivity contribution in [1.29, 1.82) is 0 Å². The van der Waals surface area contributed by atoms with Gasteiger partial charge in [0.1, 0.15) is 12.4 Å². The minimum Gasteiger partial charge on any atom is -0.438 e. The number of carbonyl (C=O) groups is 1. The van der Waals surface area contributed by atoms with Gasteiger partial charge in [-0.2, -0.15) is 8.42 Å². The van der Waals surface area contributed by atoms with Crippen molar-refractivity contribution in [1.82, 2.24) is 0 Å². The third-order valence-electron chi connectivity index (χ3n) is 1.52. The second-order valence-electron chi connectivity index (χ2n) is 2.97. The molecule has 1 rings (SSSR count). The summed E-state index contributed by atoms with van der Waals surface area (Å²) in [5.74, 6) is -0.338. The number of methoxy groups -OCH3 is 1. The normalized spacial score (nSPS) is 31.2. The molecule has 0 aliphatic carbocycles. The maximum atomic E-state index is 10.9. The molecule has 0 aromatic rings. The van der Waals surface area contributed by atoms with Crippen LogP contribution in [0.2, 0.25) is 0 Å². The van der Waals surface area contributed by atoms with Crippen LogP contribution in [0.3, 0.4) is 0 Å². The van der Waals surface area contributed by atoms with Gasteiger partial charge in [0.25, 0.3) is 10.1 Å². The zero-order valence-corrected chi connectivity index (χ0v) is 8.09. The lowest BCUT2D eigenvalue weighted by atomic mass is 10.1. The summed E-state index contributed by atoms with van der Waals surface area (Å²) in [5.41, 5.74) is -1.13. The van der Waals surface area contributed by atoms with Crippen molar-refractivity contribution < 1.29 is 26.9 Å². The lowest BCUT2D eigenvalue weighted by molar-refractivity contribution is -0.0146. The highest BCUT2D eigenvalue weighted by atomic mass is 32.2. The average molecular weight is 210 g/mol. The van der Waals surface area contributed by atoms with Crippen LogP contribution in [-0.4, -0.2) is 39.6 Å². The molecule has 1 saturated heterocycles. The van der Waals surface area contributed by atoms with Crippen molar-refractivity contribution in [3.63, 3.8) is 0 Å². The number of hydrogen-bond donors (Lipinski definition) is 0. The molecule has 76 valence electrons. The molecule has 0 N–H and O–H groups in total. The van der Waals surface area contributed by atoms with E-state index in [4.69, 9.17) is 4.74 Å². The summed E-state index contributed by atoms with van der Waals surface area (Å²) >= 11 is 0. The van der Waals surface area contributed by atoms with Gasteiger partial charge in [0.15, 0.2) is 5.60 Å². The highest BCUT2D eigenvalue weighted by Crippen LogP contribution is 2.23. The average Bonchev–Trinajstić information content (AvgIpc) is 2.25. The van der Waals surface area contributed by atoms with Gasteiger partial charge in [0.05, 0.1) is 7.11 Å². The highest BCUT2D eigenvalue weighted by molar-refractivity contribution is 7.87. The van der Waals surface area contributed by atoms with E-state index in [2.05, 4.69) is 8.92 Å². The Kier molecular flexibility index (Phi) is 2.49. The fourth-order valence-corrected chi connectivity index (χ4v) is 2.38. The van der Waals surface area contributed by atoms with Crippen LogP contribution in [0.25, 0.3) is 0 Å². The van der Waals surface area contributed by atoms with Crippen molar-refractivity contribution in [3.8, 4) is 0 Å². The highest BCUT2D eigenvalue weighted by Gasteiger charge is 2.43. The molecule has 1 atom stereocenters. The summed E-state index contributed by atoms with van der Waals surface area (Å²) in [6.45, 7) is 1.30. The molecule has 7 heteroatoms. The lowest BCUT2D eigenvalue weighted by Gasteiger charge is -2.19. The van der Waals surface area contributed by atoms with Crippen LogP contribution in [-0.2, 0) is 23.8 Å². The Morgan fingerprint density at radius 1 is 1.54 bits per heavy atom. The Bertz CT molecular complexity index is 307. The SMILES string of the molecule is COC(=O)OC1(C)COS(=O)(=O)C1. The van der Waals surface area contributed by atoms with E-state index in [9.17, 15) is 13.2 Å². The van der Waals surface area contributed by atoms with E-state index < -0.39 is 21.9 Å². The van der Waals surface area contributed by atoms with E-state index in [-0.39, 0.29) is 12.4 Å². The standard InChI is InChI=1S/C6H10O6S/c1-6(12-5(7)10-2)3-11-13(8,9)4-6/h3-4H2,1-2H3. The fourth-order valence-electron chi connectivity index (χ4n) is 0.973. The van der Waals surface area contributed by atoms with Gasteiger partial charge in [-0.1, -0.05) is 0 Å². The smallest absolute Gasteiger partial charge is 0.438 e. The zero-order chi connectivity index (χ0) is 10.1. The Balaban J connectivity index is 2.65. The molecule has 0 aromatic carbocycles. The Morgan fingerprint density at radius 2 is 2.15 bits per heavy atom. The minimum absolute atomic E-state index is 0.162. The molecule has 0 aromatic heterocycles. The molecule has 13 heavy (non-hydrogen) atoms. The van der Waals surface area contributed by atoms with Crippen molar-refractivity contribution in [2.24, 2.45) is 0 Å². The molecule has 0 bridgehead atoms. The molecular weight excluding hydrogens is 200 g/mol. The van der Waals surface area contributed by atoms with Gasteiger partial charge in [-0.05, 0) is 6.92 Å². The maximum absolute atomic E-state index is 10.9. The van der Waals surface area contributed by atoms with Gasteiger partial charge in [0, 0.05) is 0 Å². The lowest BCUT2D eigenvalue weighted by Crippen LogP contribution is -2.35. The second-order valence-corrected chi connectivity index (χ2v) is 4.61. The third kappa shape index (κ3) is 2.56. The quantitative estimate of drug-likeness (QED) is 0.443. The van der Waals surface area contributed by atoms with E-state index >= 15 is 0 Å². The molecule has 6 nitrogen and oxygen atoms in total. The van der Waals surface area contributed by atoms with E-state index in [0.29, 0.717) is 0 Å². The van der Waals surface area contributed by atoms with Crippen LogP contribution in [0.15, 0.2) is 0 Å². The van der Waals surface area contributed by atoms with Crippen LogP contribution < -0.4 is 0 Å². The molecule has 1 heterocycles. The monoisotopic (exact) mass is 210 g/mol. The van der Waals surface area contributed by atoms with E-state index in [0.717, 1.165) is 7.11 Å². The topological polar surface area (TPSA) is 78.9 Å². The largest absolute Gasteiger partial charge is 0.508 e. The molecule has 1 aliphatic heterocycles. The number of ether oxygens (including phenoxy) is 2. The van der Waals surface area contributed by atoms with Gasteiger partial charge in [-0.3, -0.25) is 4.18 Å². The first kappa shape index (κ1) is 10.3. The first-order valence-electron chi connectivity index (χ1n) is 3.51. The fraction of sp³-hybridized carbons (Fsp3) is 0.833. The summed E-state index contributed by atoms with van der Waals surface area (Å²) < 4.78 is 35.1. The molecule has 1 aliphatic rings. The molecule has 0 amide bonds. The van der Waals surface area contributed by atoms with Crippen LogP contribution in [0.5, 0.6) is 0 Å². The van der Waals surface area contributed by atoms with E-state index in [1.54, 1.807) is 0 Å². The second kappa shape index (κ2) is 3.15. The number of hydrogen-bond acceptors (Lipinski definition) is 6. The van der Waals surface area contributed by atoms with E-state index in [1.807, 2.05) is 0 Å². The molecule has 0 spiro atoms. The Hall–Kier alpha value is -0.820. The van der Waals surface area contributed by atoms with E-state index in [1.165, 1.54) is 6.92 Å². The van der Waals surface area contributed by atoms with Gasteiger partial charge < -0.3 is 9.47 Å². The Labute approximate surface area is 75.9 Å². The summed E-state index contributed by atoms with van der Waals surface area (Å²) in [4.78, 5) is 10.7. The number of rotatable bonds is 1. The van der Waals surface area contributed by atoms with Crippen molar-refractivity contribution in [3.05, 3.63) is 0 Å². The molecule has 0 saturated carbocycles. The first-order valence-corrected chi connectivity index (χ1v) is 5.09. The summed E-state index contributed by atoms with van der Waals surface area (Å²) in [7, 11) is -2.39. The Morgan fingerprint density at radius 3 is 2.54 bits per heavy atom. The predicted molar refractivity (Wildman–Crippen MR) is 41.6 cm³/mol. The third-order valence-corrected chi connectivity index (χ3v) is 2.96. The molecular formula is C6H10O6S. The van der Waals surface area contributed by atoms with Crippen molar-refractivity contribution in [2.45, 2.75) is 12.5 Å². The zero-order valence-electron chi connectivity index (χ0n) is 7.27. The van der Waals surface area contributed by atoms with Gasteiger partial charge >= 0.3 is 6.16 Å². The molecule has 1 unspecified atom stereocenters. The molecule has 0 radical (unpaired) electrons. The molecule has 1 fully saturated rings. The number of carbonyl (C=O) groups excluding carboxylic acids is 1. The van der Waals surface area contributed by atoms with Crippen LogP contribution >= 0.6 is 0 Å². The van der Waals surface area contributed by atoms with Crippen LogP contribution in [0, 0.1) is 0 Å². The van der Waals surface area contributed by atoms with Crippen LogP contribution in [0.4, 0.5) is 4.79 Å². The van der Waals surface area contributed by atoms with Gasteiger partial charge in [-0.15, -0.1) is 0 Å². The van der Waals surface area contributed by atoms with Crippen LogP contribution in [0.1, 0.15) is 6.92 Å². The van der Waals surface area contributed by atoms with Crippen molar-refractivity contribution in [2.75, 3.05) is 19.5 Å². The van der Waals surface area contributed by atoms with Gasteiger partial charge in [-0.25, -0.2) is 4.79 Å². The maximum Gasteiger partial charge on any atom is 0.508 e. The predicted octanol–water partition coefficient (Wildman–Crippen LogP) is -0.112.